The average molecular weight is 353 g/mol. The zero-order valence-electron chi connectivity index (χ0n) is 12.4. The molecule has 1 aromatic rings. The van der Waals surface area contributed by atoms with Crippen LogP contribution in [-0.4, -0.2) is 30.4 Å². The summed E-state index contributed by atoms with van der Waals surface area (Å²) < 4.78 is 11.2. The van der Waals surface area contributed by atoms with E-state index in [0.29, 0.717) is 23.6 Å². The van der Waals surface area contributed by atoms with E-state index >= 15 is 0 Å². The molecule has 1 N–H and O–H groups in total. The fraction of sp³-hybridized carbons (Fsp3) is 0.333. The Labute approximate surface area is 131 Å². The Bertz CT molecular complexity index is 668. The lowest BCUT2D eigenvalue weighted by Gasteiger charge is -2.04. The van der Waals surface area contributed by atoms with Crippen LogP contribution in [0.5, 0.6) is 5.75 Å². The smallest absolute Gasteiger partial charge is 0.340 e. The quantitative estimate of drug-likeness (QED) is 0.843. The minimum Gasteiger partial charge on any atom is -0.494 e. The first-order valence-corrected chi connectivity index (χ1v) is 7.35. The van der Waals surface area contributed by atoms with Gasteiger partial charge in [0.1, 0.15) is 5.75 Å². The molecule has 0 spiro atoms. The van der Waals surface area contributed by atoms with E-state index in [4.69, 9.17) is 9.47 Å². The molecule has 2 heterocycles. The number of H-pyrrole nitrogens is 1. The lowest BCUT2D eigenvalue weighted by Crippen LogP contribution is -2.12. The summed E-state index contributed by atoms with van der Waals surface area (Å²) >= 11 is 3.37. The van der Waals surface area contributed by atoms with Crippen molar-refractivity contribution in [2.24, 2.45) is 4.99 Å². The Morgan fingerprint density at radius 2 is 2.19 bits per heavy atom. The van der Waals surface area contributed by atoms with Crippen molar-refractivity contribution < 1.29 is 14.3 Å². The summed E-state index contributed by atoms with van der Waals surface area (Å²) in [5, 5.41) is 0. The van der Waals surface area contributed by atoms with Crippen LogP contribution >= 0.6 is 15.9 Å². The van der Waals surface area contributed by atoms with Gasteiger partial charge in [-0.25, -0.2) is 4.79 Å². The van der Waals surface area contributed by atoms with Crippen LogP contribution in [0.2, 0.25) is 0 Å². The van der Waals surface area contributed by atoms with E-state index in [1.807, 2.05) is 19.1 Å². The molecule has 0 aliphatic carbocycles. The fourth-order valence-corrected chi connectivity index (χ4v) is 2.62. The number of esters is 1. The lowest BCUT2D eigenvalue weighted by molar-refractivity contribution is -0.137. The molecule has 2 rings (SSSR count). The number of carbonyl (C=O) groups excluding carboxylic acids is 1. The van der Waals surface area contributed by atoms with Crippen LogP contribution < -0.4 is 4.74 Å². The number of halogens is 1. The summed E-state index contributed by atoms with van der Waals surface area (Å²) in [4.78, 5) is 19.5. The van der Waals surface area contributed by atoms with Gasteiger partial charge in [-0.15, -0.1) is 0 Å². The third-order valence-corrected chi connectivity index (χ3v) is 3.59. The molecule has 21 heavy (non-hydrogen) atoms. The third-order valence-electron chi connectivity index (χ3n) is 3.17. The highest BCUT2D eigenvalue weighted by Crippen LogP contribution is 2.31. The van der Waals surface area contributed by atoms with Gasteiger partial charge in [-0.1, -0.05) is 0 Å². The molecule has 0 atom stereocenters. The molecule has 1 aromatic heterocycles. The Morgan fingerprint density at radius 3 is 2.81 bits per heavy atom. The van der Waals surface area contributed by atoms with E-state index in [9.17, 15) is 4.79 Å². The molecule has 0 radical (unpaired) electrons. The number of nitrogens with one attached hydrogen (secondary N) is 1. The van der Waals surface area contributed by atoms with Crippen molar-refractivity contribution in [1.29, 1.82) is 0 Å². The maximum absolute atomic E-state index is 12.0. The normalized spacial score (nSPS) is 16.4. The van der Waals surface area contributed by atoms with Crippen molar-refractivity contribution in [2.45, 2.75) is 20.8 Å². The topological polar surface area (TPSA) is 63.7 Å². The van der Waals surface area contributed by atoms with Crippen molar-refractivity contribution in [1.82, 2.24) is 4.98 Å². The van der Waals surface area contributed by atoms with Gasteiger partial charge >= 0.3 is 5.97 Å². The highest BCUT2D eigenvalue weighted by molar-refractivity contribution is 9.10. The van der Waals surface area contributed by atoms with Gasteiger partial charge < -0.3 is 14.5 Å². The predicted octanol–water partition coefficient (Wildman–Crippen LogP) is 3.48. The lowest BCUT2D eigenvalue weighted by atomic mass is 10.1. The number of hydrogen-bond donors (Lipinski definition) is 1. The van der Waals surface area contributed by atoms with Gasteiger partial charge in [0.05, 0.1) is 41.0 Å². The van der Waals surface area contributed by atoms with Crippen LogP contribution in [0.1, 0.15) is 26.5 Å². The fourth-order valence-electron chi connectivity index (χ4n) is 2.20. The number of carbonyl (C=O) groups is 1. The number of nitrogens with zero attached hydrogens (tertiary/aromatic N) is 1. The summed E-state index contributed by atoms with van der Waals surface area (Å²) in [5.74, 6) is 0.374. The molecular formula is C15H17BrN2O3. The summed E-state index contributed by atoms with van der Waals surface area (Å²) in [6, 6.07) is 1.84. The second-order valence-corrected chi connectivity index (χ2v) is 5.40. The van der Waals surface area contributed by atoms with Crippen molar-refractivity contribution >= 4 is 33.7 Å². The summed E-state index contributed by atoms with van der Waals surface area (Å²) in [6.07, 6.45) is 1.86. The minimum atomic E-state index is -0.334. The highest BCUT2D eigenvalue weighted by Gasteiger charge is 2.25. The predicted molar refractivity (Wildman–Crippen MR) is 85.5 cm³/mol. The van der Waals surface area contributed by atoms with Gasteiger partial charge in [0.2, 0.25) is 0 Å². The summed E-state index contributed by atoms with van der Waals surface area (Å²) in [5.41, 5.74) is 3.52. The Kier molecular flexibility index (Phi) is 4.67. The van der Waals surface area contributed by atoms with Gasteiger partial charge in [0, 0.05) is 6.07 Å². The molecule has 0 aromatic carbocycles. The third kappa shape index (κ3) is 3.10. The number of rotatable bonds is 4. The van der Waals surface area contributed by atoms with Crippen LogP contribution in [0.15, 0.2) is 32.5 Å². The molecule has 6 heteroatoms. The molecule has 0 amide bonds. The van der Waals surface area contributed by atoms with Crippen molar-refractivity contribution in [3.05, 3.63) is 33.2 Å². The molecule has 1 aliphatic heterocycles. The molecule has 0 saturated heterocycles. The number of aliphatic imine (C=N–C) groups is 1. The number of allylic oxidation sites excluding steroid dienone is 1. The van der Waals surface area contributed by atoms with E-state index in [0.717, 1.165) is 21.6 Å². The molecule has 5 nitrogen and oxygen atoms in total. The Morgan fingerprint density at radius 1 is 1.48 bits per heavy atom. The SMILES string of the molecule is CCOC(=O)C1=C(C)/C(=C/c2[nH]c(Br)cc2OC)N=C1C. The monoisotopic (exact) mass is 352 g/mol. The zero-order chi connectivity index (χ0) is 15.6. The molecule has 112 valence electrons. The van der Waals surface area contributed by atoms with E-state index in [2.05, 4.69) is 25.9 Å². The maximum Gasteiger partial charge on any atom is 0.340 e. The summed E-state index contributed by atoms with van der Waals surface area (Å²) in [6.45, 7) is 5.80. The standard InChI is InChI=1S/C15H17BrN2O3/c1-5-21-15(19)14-8(2)10(17-9(14)3)6-11-12(20-4)7-13(16)18-11/h6-7,18H,5H2,1-4H3/b10-6-. The number of hydrogen-bond acceptors (Lipinski definition) is 4. The van der Waals surface area contributed by atoms with Crippen LogP contribution in [-0.2, 0) is 9.53 Å². The van der Waals surface area contributed by atoms with Gasteiger partial charge in [0.15, 0.2) is 0 Å². The maximum atomic E-state index is 12.0. The molecule has 1 aliphatic rings. The van der Waals surface area contributed by atoms with Crippen LogP contribution in [0, 0.1) is 0 Å². The first-order valence-electron chi connectivity index (χ1n) is 6.56. The average Bonchev–Trinajstić information content (AvgIpc) is 2.91. The second kappa shape index (κ2) is 6.30. The van der Waals surface area contributed by atoms with Crippen molar-refractivity contribution in [2.75, 3.05) is 13.7 Å². The molecule has 0 saturated carbocycles. The van der Waals surface area contributed by atoms with E-state index in [-0.39, 0.29) is 5.97 Å². The summed E-state index contributed by atoms with van der Waals surface area (Å²) in [7, 11) is 1.60. The van der Waals surface area contributed by atoms with Gasteiger partial charge in [-0.2, -0.15) is 0 Å². The second-order valence-electron chi connectivity index (χ2n) is 4.55. The van der Waals surface area contributed by atoms with Crippen molar-refractivity contribution in [3.63, 3.8) is 0 Å². The molecule has 0 bridgehead atoms. The Balaban J connectivity index is 2.42. The molecule has 0 fully saturated rings. The van der Waals surface area contributed by atoms with E-state index in [1.54, 1.807) is 21.0 Å². The number of ether oxygens (including phenoxy) is 2. The van der Waals surface area contributed by atoms with Gasteiger partial charge in [-0.05, 0) is 48.4 Å². The largest absolute Gasteiger partial charge is 0.494 e. The van der Waals surface area contributed by atoms with E-state index in [1.165, 1.54) is 0 Å². The number of aromatic nitrogens is 1. The Hall–Kier alpha value is -1.82. The molecular weight excluding hydrogens is 336 g/mol. The number of methoxy groups -OCH3 is 1. The van der Waals surface area contributed by atoms with Gasteiger partial charge in [-0.3, -0.25) is 4.99 Å². The van der Waals surface area contributed by atoms with Crippen molar-refractivity contribution in [3.8, 4) is 5.75 Å². The van der Waals surface area contributed by atoms with Crippen LogP contribution in [0.4, 0.5) is 0 Å². The minimum absolute atomic E-state index is 0.334. The first kappa shape index (κ1) is 15.6. The number of aromatic amines is 1. The zero-order valence-corrected chi connectivity index (χ0v) is 14.0. The first-order chi connectivity index (χ1) is 9.97. The van der Waals surface area contributed by atoms with Crippen LogP contribution in [0.25, 0.3) is 6.08 Å². The van der Waals surface area contributed by atoms with Crippen LogP contribution in [0.3, 0.4) is 0 Å². The molecule has 0 unspecified atom stereocenters. The van der Waals surface area contributed by atoms with E-state index < -0.39 is 0 Å². The highest BCUT2D eigenvalue weighted by atomic mass is 79.9. The van der Waals surface area contributed by atoms with Gasteiger partial charge in [0.25, 0.3) is 0 Å².